The molecule has 0 amide bonds. The van der Waals surface area contributed by atoms with E-state index in [9.17, 15) is 0 Å². The molecule has 90 valence electrons. The van der Waals surface area contributed by atoms with Gasteiger partial charge in [-0.2, -0.15) is 0 Å². The lowest BCUT2D eigenvalue weighted by atomic mass is 10.00. The molecule has 1 fully saturated rings. The van der Waals surface area contributed by atoms with Crippen molar-refractivity contribution in [3.05, 3.63) is 0 Å². The van der Waals surface area contributed by atoms with E-state index in [1.807, 2.05) is 0 Å². The van der Waals surface area contributed by atoms with Gasteiger partial charge in [-0.3, -0.25) is 0 Å². The highest BCUT2D eigenvalue weighted by atomic mass is 15.2. The van der Waals surface area contributed by atoms with Gasteiger partial charge in [0.15, 0.2) is 0 Å². The molecule has 0 aliphatic carbocycles. The second-order valence-electron chi connectivity index (χ2n) is 5.36. The fourth-order valence-corrected chi connectivity index (χ4v) is 2.19. The number of likely N-dealkylation sites (N-methyl/N-ethyl adjacent to an activating group) is 1. The molecule has 3 unspecified atom stereocenters. The van der Waals surface area contributed by atoms with Crippen LogP contribution in [-0.4, -0.2) is 55.6 Å². The molecular weight excluding hydrogens is 186 g/mol. The fraction of sp³-hybridized carbons (Fsp3) is 1.00. The molecule has 0 bridgehead atoms. The van der Waals surface area contributed by atoms with E-state index in [-0.39, 0.29) is 0 Å². The van der Waals surface area contributed by atoms with Gasteiger partial charge in [0.2, 0.25) is 0 Å². The van der Waals surface area contributed by atoms with Crippen molar-refractivity contribution in [2.75, 3.05) is 33.7 Å². The first-order valence-electron chi connectivity index (χ1n) is 6.15. The maximum absolute atomic E-state index is 5.91. The largest absolute Gasteiger partial charge is 0.328 e. The van der Waals surface area contributed by atoms with E-state index in [2.05, 4.69) is 37.7 Å². The lowest BCUT2D eigenvalue weighted by molar-refractivity contribution is 0.117. The third-order valence-electron chi connectivity index (χ3n) is 3.65. The molecule has 2 N–H and O–H groups in total. The van der Waals surface area contributed by atoms with E-state index in [1.54, 1.807) is 0 Å². The van der Waals surface area contributed by atoms with Crippen LogP contribution < -0.4 is 5.73 Å². The molecule has 0 spiro atoms. The Kier molecular flexibility index (Phi) is 5.03. The lowest BCUT2D eigenvalue weighted by Gasteiger charge is -2.37. The Hall–Kier alpha value is -0.120. The molecule has 1 aliphatic heterocycles. The molecule has 3 atom stereocenters. The van der Waals surface area contributed by atoms with Crippen molar-refractivity contribution in [2.24, 2.45) is 11.7 Å². The number of likely N-dealkylation sites (tertiary alicyclic amines) is 1. The number of hydrogen-bond acceptors (Lipinski definition) is 3. The second-order valence-corrected chi connectivity index (χ2v) is 5.36. The first-order chi connectivity index (χ1) is 7.00. The predicted octanol–water partition coefficient (Wildman–Crippen LogP) is 0.996. The second kappa shape index (κ2) is 5.83. The van der Waals surface area contributed by atoms with E-state index in [0.717, 1.165) is 12.6 Å². The SMILES string of the molecule is CC(N)C(C)CN1CCCC(N(C)C)C1. The Bertz CT molecular complexity index is 178. The van der Waals surface area contributed by atoms with Gasteiger partial charge >= 0.3 is 0 Å². The van der Waals surface area contributed by atoms with Gasteiger partial charge in [0.1, 0.15) is 0 Å². The molecule has 0 aromatic carbocycles. The molecule has 1 aliphatic rings. The minimum absolute atomic E-state index is 0.310. The Morgan fingerprint density at radius 2 is 2.07 bits per heavy atom. The van der Waals surface area contributed by atoms with Gasteiger partial charge in [-0.25, -0.2) is 0 Å². The van der Waals surface area contributed by atoms with Gasteiger partial charge in [-0.05, 0) is 46.3 Å². The molecule has 3 nitrogen and oxygen atoms in total. The first kappa shape index (κ1) is 12.9. The summed E-state index contributed by atoms with van der Waals surface area (Å²) in [6.07, 6.45) is 2.67. The van der Waals surface area contributed by atoms with Crippen LogP contribution in [0.2, 0.25) is 0 Å². The normalized spacial score (nSPS) is 28.0. The van der Waals surface area contributed by atoms with Crippen molar-refractivity contribution in [1.82, 2.24) is 9.80 Å². The van der Waals surface area contributed by atoms with Gasteiger partial charge in [0.05, 0.1) is 0 Å². The standard InChI is InChI=1S/C12H27N3/c1-10(11(2)13)8-15-7-5-6-12(9-15)14(3)4/h10-12H,5-9,13H2,1-4H3. The highest BCUT2D eigenvalue weighted by Gasteiger charge is 2.22. The van der Waals surface area contributed by atoms with E-state index in [1.165, 1.54) is 25.9 Å². The van der Waals surface area contributed by atoms with Crippen LogP contribution in [0.25, 0.3) is 0 Å². The van der Waals surface area contributed by atoms with E-state index >= 15 is 0 Å². The monoisotopic (exact) mass is 213 g/mol. The Morgan fingerprint density at radius 3 is 2.60 bits per heavy atom. The maximum atomic E-state index is 5.91. The van der Waals surface area contributed by atoms with Crippen molar-refractivity contribution in [2.45, 2.75) is 38.8 Å². The molecule has 0 aromatic heterocycles. The highest BCUT2D eigenvalue weighted by Crippen LogP contribution is 2.15. The van der Waals surface area contributed by atoms with Gasteiger partial charge in [0.25, 0.3) is 0 Å². The number of nitrogens with two attached hydrogens (primary N) is 1. The summed E-state index contributed by atoms with van der Waals surface area (Å²) >= 11 is 0. The van der Waals surface area contributed by atoms with Gasteiger partial charge in [-0.1, -0.05) is 6.92 Å². The summed E-state index contributed by atoms with van der Waals surface area (Å²) < 4.78 is 0. The van der Waals surface area contributed by atoms with Crippen LogP contribution in [-0.2, 0) is 0 Å². The quantitative estimate of drug-likeness (QED) is 0.756. The molecule has 0 saturated carbocycles. The molecule has 1 rings (SSSR count). The molecule has 15 heavy (non-hydrogen) atoms. The molecule has 1 saturated heterocycles. The molecule has 1 heterocycles. The van der Waals surface area contributed by atoms with Crippen LogP contribution in [0.5, 0.6) is 0 Å². The zero-order valence-corrected chi connectivity index (χ0v) is 10.7. The van der Waals surface area contributed by atoms with Crippen molar-refractivity contribution in [3.8, 4) is 0 Å². The topological polar surface area (TPSA) is 32.5 Å². The minimum Gasteiger partial charge on any atom is -0.328 e. The van der Waals surface area contributed by atoms with Gasteiger partial charge in [-0.15, -0.1) is 0 Å². The smallest absolute Gasteiger partial charge is 0.0217 e. The predicted molar refractivity (Wildman–Crippen MR) is 66.0 cm³/mol. The number of nitrogens with zero attached hydrogens (tertiary/aromatic N) is 2. The summed E-state index contributed by atoms with van der Waals surface area (Å²) in [7, 11) is 4.37. The van der Waals surface area contributed by atoms with Gasteiger partial charge < -0.3 is 15.5 Å². The van der Waals surface area contributed by atoms with Crippen LogP contribution in [0.4, 0.5) is 0 Å². The lowest BCUT2D eigenvalue weighted by Crippen LogP contribution is -2.47. The molecular formula is C12H27N3. The van der Waals surface area contributed by atoms with E-state index in [4.69, 9.17) is 5.73 Å². The molecule has 0 aromatic rings. The van der Waals surface area contributed by atoms with Crippen molar-refractivity contribution in [1.29, 1.82) is 0 Å². The zero-order valence-electron chi connectivity index (χ0n) is 10.7. The number of hydrogen-bond donors (Lipinski definition) is 1. The Balaban J connectivity index is 2.36. The van der Waals surface area contributed by atoms with Crippen LogP contribution in [0.15, 0.2) is 0 Å². The Morgan fingerprint density at radius 1 is 1.40 bits per heavy atom. The summed E-state index contributed by atoms with van der Waals surface area (Å²) in [5, 5.41) is 0. The summed E-state index contributed by atoms with van der Waals surface area (Å²) in [5.41, 5.74) is 5.91. The third-order valence-corrected chi connectivity index (χ3v) is 3.65. The van der Waals surface area contributed by atoms with Crippen LogP contribution >= 0.6 is 0 Å². The average Bonchev–Trinajstić information content (AvgIpc) is 2.18. The summed E-state index contributed by atoms with van der Waals surface area (Å²) in [6, 6.07) is 1.05. The number of rotatable bonds is 4. The third kappa shape index (κ3) is 4.09. The van der Waals surface area contributed by atoms with E-state index in [0.29, 0.717) is 12.0 Å². The molecule has 0 radical (unpaired) electrons. The van der Waals surface area contributed by atoms with Crippen molar-refractivity contribution >= 4 is 0 Å². The first-order valence-corrected chi connectivity index (χ1v) is 6.15. The van der Waals surface area contributed by atoms with Crippen LogP contribution in [0.1, 0.15) is 26.7 Å². The fourth-order valence-electron chi connectivity index (χ4n) is 2.19. The van der Waals surface area contributed by atoms with Crippen LogP contribution in [0.3, 0.4) is 0 Å². The highest BCUT2D eigenvalue weighted by molar-refractivity contribution is 4.80. The van der Waals surface area contributed by atoms with Crippen molar-refractivity contribution in [3.63, 3.8) is 0 Å². The summed E-state index contributed by atoms with van der Waals surface area (Å²) in [5.74, 6) is 0.603. The van der Waals surface area contributed by atoms with Crippen molar-refractivity contribution < 1.29 is 0 Å². The Labute approximate surface area is 94.6 Å². The van der Waals surface area contributed by atoms with E-state index < -0.39 is 0 Å². The summed E-state index contributed by atoms with van der Waals surface area (Å²) in [4.78, 5) is 4.92. The maximum Gasteiger partial charge on any atom is 0.0217 e. The minimum atomic E-state index is 0.310. The van der Waals surface area contributed by atoms with Gasteiger partial charge in [0, 0.05) is 25.2 Å². The zero-order chi connectivity index (χ0) is 11.4. The molecule has 3 heteroatoms. The van der Waals surface area contributed by atoms with Crippen LogP contribution in [0, 0.1) is 5.92 Å². The summed E-state index contributed by atoms with van der Waals surface area (Å²) in [6.45, 7) is 7.98. The average molecular weight is 213 g/mol. The number of piperidine rings is 1.